The van der Waals surface area contributed by atoms with E-state index < -0.39 is 0 Å². The average molecular weight is 369 g/mol. The second-order valence-corrected chi connectivity index (χ2v) is 7.23. The van der Waals surface area contributed by atoms with Crippen molar-refractivity contribution in [3.8, 4) is 0 Å². The Hall–Kier alpha value is -0.870. The lowest BCUT2D eigenvalue weighted by molar-refractivity contribution is -0.131. The minimum absolute atomic E-state index is 0.0120. The van der Waals surface area contributed by atoms with E-state index in [1.807, 2.05) is 0 Å². The number of aliphatic hydroxyl groups is 1. The first-order valence-corrected chi connectivity index (χ1v) is 11.0. The Morgan fingerprint density at radius 2 is 1.38 bits per heavy atom. The van der Waals surface area contributed by atoms with Crippen LogP contribution in [0.2, 0.25) is 0 Å². The minimum atomic E-state index is 0.0120. The van der Waals surface area contributed by atoms with Crippen LogP contribution in [0, 0.1) is 0 Å². The fourth-order valence-corrected chi connectivity index (χ4v) is 3.14. The predicted octanol–water partition coefficient (Wildman–Crippen LogP) is 4.80. The second kappa shape index (κ2) is 20.4. The standard InChI is InChI=1S/C22H44N2O2/c1-2-3-4-5-6-7-8-9-10-11-12-13-14-15-16-17-22(26)24(19-18-23)20-21-25/h9-10,25H,2-8,11-21,23H2,1H3. The summed E-state index contributed by atoms with van der Waals surface area (Å²) in [4.78, 5) is 13.7. The highest BCUT2D eigenvalue weighted by Crippen LogP contribution is 2.10. The highest BCUT2D eigenvalue weighted by molar-refractivity contribution is 5.76. The maximum atomic E-state index is 12.0. The molecule has 0 unspecified atom stereocenters. The Labute approximate surface area is 162 Å². The van der Waals surface area contributed by atoms with Crippen molar-refractivity contribution in [2.75, 3.05) is 26.2 Å². The second-order valence-electron chi connectivity index (χ2n) is 7.23. The molecule has 0 radical (unpaired) electrons. The molecule has 0 saturated heterocycles. The summed E-state index contributed by atoms with van der Waals surface area (Å²) < 4.78 is 0. The van der Waals surface area contributed by atoms with Crippen LogP contribution in [0.5, 0.6) is 0 Å². The number of amides is 1. The van der Waals surface area contributed by atoms with Crippen LogP contribution >= 0.6 is 0 Å². The molecule has 4 nitrogen and oxygen atoms in total. The van der Waals surface area contributed by atoms with Gasteiger partial charge in [-0.3, -0.25) is 4.79 Å². The van der Waals surface area contributed by atoms with E-state index in [9.17, 15) is 4.79 Å². The molecule has 3 N–H and O–H groups in total. The van der Waals surface area contributed by atoms with Gasteiger partial charge >= 0.3 is 0 Å². The van der Waals surface area contributed by atoms with Crippen molar-refractivity contribution >= 4 is 5.91 Å². The molecule has 0 bridgehead atoms. The van der Waals surface area contributed by atoms with E-state index in [0.29, 0.717) is 26.1 Å². The van der Waals surface area contributed by atoms with Crippen LogP contribution in [0.4, 0.5) is 0 Å². The fraction of sp³-hybridized carbons (Fsp3) is 0.864. The summed E-state index contributed by atoms with van der Waals surface area (Å²) in [6.45, 7) is 3.68. The zero-order chi connectivity index (χ0) is 19.3. The number of carbonyl (C=O) groups is 1. The summed E-state index contributed by atoms with van der Waals surface area (Å²) in [6.07, 6.45) is 21.7. The van der Waals surface area contributed by atoms with E-state index in [2.05, 4.69) is 19.1 Å². The first-order valence-electron chi connectivity index (χ1n) is 11.0. The number of rotatable bonds is 19. The van der Waals surface area contributed by atoms with E-state index in [-0.39, 0.29) is 12.5 Å². The summed E-state index contributed by atoms with van der Waals surface area (Å²) in [5, 5.41) is 8.98. The molecule has 0 heterocycles. The van der Waals surface area contributed by atoms with Gasteiger partial charge in [0, 0.05) is 26.1 Å². The largest absolute Gasteiger partial charge is 0.395 e. The molecule has 0 aromatic rings. The number of allylic oxidation sites excluding steroid dienone is 2. The fourth-order valence-electron chi connectivity index (χ4n) is 3.14. The molecular formula is C22H44N2O2. The van der Waals surface area contributed by atoms with Gasteiger partial charge in [-0.15, -0.1) is 0 Å². The molecule has 0 spiro atoms. The van der Waals surface area contributed by atoms with Crippen LogP contribution in [0.15, 0.2) is 12.2 Å². The van der Waals surface area contributed by atoms with Crippen molar-refractivity contribution in [1.29, 1.82) is 0 Å². The van der Waals surface area contributed by atoms with Crippen molar-refractivity contribution in [3.05, 3.63) is 12.2 Å². The Balaban J connectivity index is 3.39. The van der Waals surface area contributed by atoms with Crippen molar-refractivity contribution in [3.63, 3.8) is 0 Å². The third kappa shape index (κ3) is 16.6. The molecule has 0 aliphatic carbocycles. The summed E-state index contributed by atoms with van der Waals surface area (Å²) in [5.74, 6) is 0.127. The lowest BCUT2D eigenvalue weighted by atomic mass is 10.1. The van der Waals surface area contributed by atoms with Gasteiger partial charge in [0.15, 0.2) is 0 Å². The molecule has 0 fully saturated rings. The normalized spacial score (nSPS) is 11.3. The summed E-state index contributed by atoms with van der Waals surface area (Å²) in [6, 6.07) is 0. The molecule has 0 aliphatic rings. The van der Waals surface area contributed by atoms with Crippen molar-refractivity contribution in [1.82, 2.24) is 4.90 Å². The monoisotopic (exact) mass is 368 g/mol. The van der Waals surface area contributed by atoms with Crippen LogP contribution in [0.3, 0.4) is 0 Å². The van der Waals surface area contributed by atoms with Gasteiger partial charge in [-0.05, 0) is 32.1 Å². The van der Waals surface area contributed by atoms with Crippen LogP contribution in [0.1, 0.15) is 96.8 Å². The Bertz CT molecular complexity index is 326. The third-order valence-corrected chi connectivity index (χ3v) is 4.77. The van der Waals surface area contributed by atoms with E-state index in [1.54, 1.807) is 4.90 Å². The van der Waals surface area contributed by atoms with Crippen molar-refractivity contribution in [2.45, 2.75) is 96.8 Å². The lowest BCUT2D eigenvalue weighted by Gasteiger charge is -2.20. The quantitative estimate of drug-likeness (QED) is 0.254. The molecule has 26 heavy (non-hydrogen) atoms. The zero-order valence-electron chi connectivity index (χ0n) is 17.3. The molecule has 154 valence electrons. The topological polar surface area (TPSA) is 66.6 Å². The number of hydrogen-bond donors (Lipinski definition) is 2. The molecule has 1 amide bonds. The van der Waals surface area contributed by atoms with Crippen LogP contribution in [0.25, 0.3) is 0 Å². The molecule has 0 atom stereocenters. The van der Waals surface area contributed by atoms with Crippen LogP contribution < -0.4 is 5.73 Å². The van der Waals surface area contributed by atoms with Crippen molar-refractivity contribution in [2.24, 2.45) is 5.73 Å². The van der Waals surface area contributed by atoms with E-state index in [4.69, 9.17) is 10.8 Å². The van der Waals surface area contributed by atoms with Gasteiger partial charge in [0.25, 0.3) is 0 Å². The Morgan fingerprint density at radius 1 is 0.846 bits per heavy atom. The highest BCUT2D eigenvalue weighted by Gasteiger charge is 2.11. The average Bonchev–Trinajstić information content (AvgIpc) is 2.64. The summed E-state index contributed by atoms with van der Waals surface area (Å²) >= 11 is 0. The van der Waals surface area contributed by atoms with Gasteiger partial charge < -0.3 is 15.7 Å². The van der Waals surface area contributed by atoms with Gasteiger partial charge in [0.05, 0.1) is 6.61 Å². The SMILES string of the molecule is CCCCCCCCC=CCCCCCCCC(=O)N(CCN)CCO. The highest BCUT2D eigenvalue weighted by atomic mass is 16.3. The van der Waals surface area contributed by atoms with Gasteiger partial charge in [-0.2, -0.15) is 0 Å². The van der Waals surface area contributed by atoms with Crippen LogP contribution in [-0.4, -0.2) is 42.2 Å². The molecule has 4 heteroatoms. The lowest BCUT2D eigenvalue weighted by Crippen LogP contribution is -2.37. The Morgan fingerprint density at radius 3 is 1.92 bits per heavy atom. The number of nitrogens with zero attached hydrogens (tertiary/aromatic N) is 1. The number of hydrogen-bond acceptors (Lipinski definition) is 3. The molecule has 0 saturated carbocycles. The first kappa shape index (κ1) is 25.1. The van der Waals surface area contributed by atoms with E-state index >= 15 is 0 Å². The number of carbonyl (C=O) groups excluding carboxylic acids is 1. The Kier molecular flexibility index (Phi) is 19.8. The smallest absolute Gasteiger partial charge is 0.222 e. The van der Waals surface area contributed by atoms with E-state index in [0.717, 1.165) is 12.8 Å². The molecule has 0 aliphatic heterocycles. The van der Waals surface area contributed by atoms with Crippen LogP contribution in [-0.2, 0) is 4.79 Å². The predicted molar refractivity (Wildman–Crippen MR) is 112 cm³/mol. The van der Waals surface area contributed by atoms with Crippen molar-refractivity contribution < 1.29 is 9.90 Å². The molecular weight excluding hydrogens is 324 g/mol. The first-order chi connectivity index (χ1) is 12.8. The van der Waals surface area contributed by atoms with Gasteiger partial charge in [0.1, 0.15) is 0 Å². The number of unbranched alkanes of at least 4 members (excludes halogenated alkanes) is 11. The molecule has 0 rings (SSSR count). The zero-order valence-corrected chi connectivity index (χ0v) is 17.3. The third-order valence-electron chi connectivity index (χ3n) is 4.77. The molecule has 0 aromatic carbocycles. The van der Waals surface area contributed by atoms with E-state index in [1.165, 1.54) is 70.6 Å². The van der Waals surface area contributed by atoms with Gasteiger partial charge in [-0.1, -0.05) is 70.4 Å². The molecule has 0 aromatic heterocycles. The summed E-state index contributed by atoms with van der Waals surface area (Å²) in [7, 11) is 0. The summed E-state index contributed by atoms with van der Waals surface area (Å²) in [5.41, 5.74) is 5.50. The number of nitrogens with two attached hydrogens (primary N) is 1. The minimum Gasteiger partial charge on any atom is -0.395 e. The maximum Gasteiger partial charge on any atom is 0.222 e. The number of aliphatic hydroxyl groups excluding tert-OH is 1. The van der Waals surface area contributed by atoms with Gasteiger partial charge in [-0.25, -0.2) is 0 Å². The van der Waals surface area contributed by atoms with Gasteiger partial charge in [0.2, 0.25) is 5.91 Å². The maximum absolute atomic E-state index is 12.0.